The summed E-state index contributed by atoms with van der Waals surface area (Å²) >= 11 is 0. The van der Waals surface area contributed by atoms with Gasteiger partial charge in [0, 0.05) is 25.2 Å². The third kappa shape index (κ3) is 20.4. The number of carbonyl (C=O) groups is 2. The Morgan fingerprint density at radius 3 is 1.29 bits per heavy atom. The number of rotatable bonds is 23. The molecule has 2 amide bonds. The second-order valence-electron chi connectivity index (χ2n) is 17.3. The zero-order valence-corrected chi connectivity index (χ0v) is 37.1. The molecule has 6 nitrogen and oxygen atoms in total. The maximum atomic E-state index is 12.3. The van der Waals surface area contributed by atoms with E-state index in [1.807, 2.05) is 38.2 Å². The Bertz CT molecular complexity index is 1470. The molecule has 0 atom stereocenters. The Labute approximate surface area is 342 Å². The highest BCUT2D eigenvalue weighted by molar-refractivity contribution is 5.89. The highest BCUT2D eigenvalue weighted by atomic mass is 16.2. The summed E-state index contributed by atoms with van der Waals surface area (Å²) in [7, 11) is 0. The molecule has 0 bridgehead atoms. The van der Waals surface area contributed by atoms with Crippen LogP contribution in [0.1, 0.15) is 133 Å². The molecule has 0 heterocycles. The number of allylic oxidation sites excluding steroid dienone is 18. The first-order valence-corrected chi connectivity index (χ1v) is 21.4. The van der Waals surface area contributed by atoms with Crippen LogP contribution < -0.4 is 21.3 Å². The van der Waals surface area contributed by atoms with Gasteiger partial charge in [-0.05, 0) is 165 Å². The second-order valence-corrected chi connectivity index (χ2v) is 17.3. The van der Waals surface area contributed by atoms with Gasteiger partial charge >= 0.3 is 0 Å². The molecule has 0 radical (unpaired) electrons. The molecule has 4 N–H and O–H groups in total. The number of nitrogens with one attached hydrogen (secondary N) is 4. The number of carbonyl (C=O) groups excluding carboxylic acids is 2. The molecular formula is C50H78N4O2. The van der Waals surface area contributed by atoms with Crippen LogP contribution in [0.25, 0.3) is 0 Å². The lowest BCUT2D eigenvalue weighted by Crippen LogP contribution is -2.27. The third-order valence-corrected chi connectivity index (χ3v) is 10.9. The van der Waals surface area contributed by atoms with Crippen LogP contribution in [-0.2, 0) is 9.59 Å². The minimum absolute atomic E-state index is 0.0477. The number of hydrogen-bond acceptors (Lipinski definition) is 4. The SMILES string of the molecule is CC1=C(/C=C/C(C)=C/C=C/C(C)=C/C(=O)NCCCNCCCCNCCCNC(=O)/C=C(C)/C=C/C=C(C)/C=C/C2=C(C)CCCC2(C)C)C(C)(C)CCC1. The minimum Gasteiger partial charge on any atom is -0.352 e. The van der Waals surface area contributed by atoms with E-state index in [1.54, 1.807) is 12.2 Å². The molecule has 2 aliphatic rings. The fraction of sp³-hybridized carbons (Fsp3) is 0.560. The summed E-state index contributed by atoms with van der Waals surface area (Å²) in [4.78, 5) is 24.6. The fourth-order valence-electron chi connectivity index (χ4n) is 7.48. The first-order chi connectivity index (χ1) is 26.6. The van der Waals surface area contributed by atoms with Crippen LogP contribution in [0.15, 0.2) is 117 Å². The van der Waals surface area contributed by atoms with Gasteiger partial charge < -0.3 is 21.3 Å². The smallest absolute Gasteiger partial charge is 0.244 e. The van der Waals surface area contributed by atoms with Crippen molar-refractivity contribution in [3.63, 3.8) is 0 Å². The summed E-state index contributed by atoms with van der Waals surface area (Å²) in [6, 6.07) is 0. The van der Waals surface area contributed by atoms with Crippen molar-refractivity contribution in [1.82, 2.24) is 21.3 Å². The van der Waals surface area contributed by atoms with Crippen LogP contribution in [0.4, 0.5) is 0 Å². The quantitative estimate of drug-likeness (QED) is 0.0474. The maximum Gasteiger partial charge on any atom is 0.244 e. The Hall–Kier alpha value is -3.74. The predicted molar refractivity (Wildman–Crippen MR) is 242 cm³/mol. The first-order valence-electron chi connectivity index (χ1n) is 21.4. The average molecular weight is 767 g/mol. The molecule has 0 saturated heterocycles. The summed E-state index contributed by atoms with van der Waals surface area (Å²) in [6.07, 6.45) is 35.9. The van der Waals surface area contributed by atoms with Crippen LogP contribution >= 0.6 is 0 Å². The highest BCUT2D eigenvalue weighted by Gasteiger charge is 2.27. The lowest BCUT2D eigenvalue weighted by Gasteiger charge is -2.33. The van der Waals surface area contributed by atoms with Gasteiger partial charge in [0.1, 0.15) is 0 Å². The van der Waals surface area contributed by atoms with E-state index in [1.165, 1.54) is 72.0 Å². The van der Waals surface area contributed by atoms with Crippen molar-refractivity contribution in [1.29, 1.82) is 0 Å². The van der Waals surface area contributed by atoms with Crippen LogP contribution in [0.5, 0.6) is 0 Å². The average Bonchev–Trinajstić information content (AvgIpc) is 3.10. The molecule has 0 spiro atoms. The van der Waals surface area contributed by atoms with Crippen molar-refractivity contribution >= 4 is 11.8 Å². The Kier molecular flexibility index (Phi) is 22.7. The van der Waals surface area contributed by atoms with Gasteiger partial charge in [0.25, 0.3) is 0 Å². The topological polar surface area (TPSA) is 82.3 Å². The summed E-state index contributed by atoms with van der Waals surface area (Å²) in [5, 5.41) is 12.9. The summed E-state index contributed by atoms with van der Waals surface area (Å²) in [6.45, 7) is 27.1. The Balaban J connectivity index is 1.48. The number of amides is 2. The van der Waals surface area contributed by atoms with E-state index >= 15 is 0 Å². The number of unbranched alkanes of at least 4 members (excludes halogenated alkanes) is 1. The molecule has 0 aromatic heterocycles. The molecule has 0 aromatic rings. The highest BCUT2D eigenvalue weighted by Crippen LogP contribution is 2.41. The van der Waals surface area contributed by atoms with Gasteiger partial charge in [0.2, 0.25) is 11.8 Å². The van der Waals surface area contributed by atoms with Gasteiger partial charge in [-0.2, -0.15) is 0 Å². The van der Waals surface area contributed by atoms with E-state index < -0.39 is 0 Å². The fourth-order valence-corrected chi connectivity index (χ4v) is 7.48. The van der Waals surface area contributed by atoms with E-state index in [9.17, 15) is 9.59 Å². The van der Waals surface area contributed by atoms with Gasteiger partial charge in [0.15, 0.2) is 0 Å². The molecule has 2 aliphatic carbocycles. The zero-order valence-electron chi connectivity index (χ0n) is 37.1. The van der Waals surface area contributed by atoms with E-state index in [0.29, 0.717) is 13.1 Å². The van der Waals surface area contributed by atoms with Gasteiger partial charge in [-0.1, -0.05) is 111 Å². The van der Waals surface area contributed by atoms with Crippen LogP contribution in [0.3, 0.4) is 0 Å². The van der Waals surface area contributed by atoms with E-state index in [4.69, 9.17) is 0 Å². The molecule has 56 heavy (non-hydrogen) atoms. The van der Waals surface area contributed by atoms with Crippen molar-refractivity contribution < 1.29 is 9.59 Å². The number of hydrogen-bond donors (Lipinski definition) is 4. The standard InChI is InChI=1S/C50H78N4O2/c1-39(25-27-45-43(5)23-15-29-49(45,7)8)19-13-21-41(3)37-47(55)53-35-17-33-51-31-11-12-32-52-34-18-36-54-48(56)38-42(4)22-14-20-40(2)26-28-46-44(6)24-16-30-50(46,9)10/h13-14,19-22,25-28,37-38,51-52H,11-12,15-18,23-24,29-36H2,1-10H3,(H,53,55)(H,54,56)/b21-13+,22-14+,27-25+,28-26+,39-19+,40-20+,41-37+,42-38+. The van der Waals surface area contributed by atoms with Gasteiger partial charge in [0.05, 0.1) is 0 Å². The normalized spacial score (nSPS) is 18.7. The monoisotopic (exact) mass is 767 g/mol. The largest absolute Gasteiger partial charge is 0.352 e. The van der Waals surface area contributed by atoms with Crippen molar-refractivity contribution in [3.8, 4) is 0 Å². The molecule has 0 aromatic carbocycles. The maximum absolute atomic E-state index is 12.3. The van der Waals surface area contributed by atoms with Crippen LogP contribution in [0, 0.1) is 10.8 Å². The van der Waals surface area contributed by atoms with Crippen molar-refractivity contribution in [2.75, 3.05) is 39.3 Å². The van der Waals surface area contributed by atoms with E-state index in [0.717, 1.165) is 63.0 Å². The lowest BCUT2D eigenvalue weighted by atomic mass is 9.72. The van der Waals surface area contributed by atoms with Crippen molar-refractivity contribution in [2.45, 2.75) is 133 Å². The van der Waals surface area contributed by atoms with Gasteiger partial charge in [-0.3, -0.25) is 9.59 Å². The molecule has 310 valence electrons. The zero-order chi connectivity index (χ0) is 41.4. The van der Waals surface area contributed by atoms with Gasteiger partial charge in [-0.25, -0.2) is 0 Å². The van der Waals surface area contributed by atoms with Crippen molar-refractivity contribution in [3.05, 3.63) is 117 Å². The summed E-state index contributed by atoms with van der Waals surface area (Å²) in [5.74, 6) is -0.0954. The molecular weight excluding hydrogens is 689 g/mol. The molecule has 0 fully saturated rings. The molecule has 2 rings (SSSR count). The molecule has 0 unspecified atom stereocenters. The van der Waals surface area contributed by atoms with Crippen molar-refractivity contribution in [2.24, 2.45) is 10.8 Å². The first kappa shape index (κ1) is 48.4. The molecule has 0 aliphatic heterocycles. The predicted octanol–water partition coefficient (Wildman–Crippen LogP) is 11.0. The van der Waals surface area contributed by atoms with Crippen LogP contribution in [-0.4, -0.2) is 51.1 Å². The second kappa shape index (κ2) is 26.2. The van der Waals surface area contributed by atoms with E-state index in [-0.39, 0.29) is 22.6 Å². The molecule has 6 heteroatoms. The Morgan fingerprint density at radius 2 is 0.911 bits per heavy atom. The minimum atomic E-state index is -0.0477. The third-order valence-electron chi connectivity index (χ3n) is 10.9. The van der Waals surface area contributed by atoms with E-state index in [2.05, 4.69) is 113 Å². The summed E-state index contributed by atoms with van der Waals surface area (Å²) < 4.78 is 0. The summed E-state index contributed by atoms with van der Waals surface area (Å²) in [5.41, 5.74) is 10.7. The van der Waals surface area contributed by atoms with Gasteiger partial charge in [-0.15, -0.1) is 0 Å². The lowest BCUT2D eigenvalue weighted by molar-refractivity contribution is -0.117. The Morgan fingerprint density at radius 1 is 0.536 bits per heavy atom. The molecule has 0 saturated carbocycles. The van der Waals surface area contributed by atoms with Crippen LogP contribution in [0.2, 0.25) is 0 Å².